The number of rotatable bonds is 4. The Balaban J connectivity index is 0.0000000919. The van der Waals surface area contributed by atoms with E-state index in [0.29, 0.717) is 0 Å². The number of hydrogen-bond acceptors (Lipinski definition) is 4. The normalized spacial score (nSPS) is 11.9. The van der Waals surface area contributed by atoms with E-state index in [1.165, 1.54) is 173 Å². The number of thiophene rings is 2. The minimum absolute atomic E-state index is 0.937. The molecule has 8 heteroatoms. The maximum absolute atomic E-state index is 6.15. The molecule has 0 bridgehead atoms. The fourth-order valence-electron chi connectivity index (χ4n) is 16.9. The predicted molar refractivity (Wildman–Crippen MR) is 462 cm³/mol. The fourth-order valence-corrected chi connectivity index (χ4v) is 19.1. The van der Waals surface area contributed by atoms with Gasteiger partial charge in [0.2, 0.25) is 0 Å². The first-order valence-corrected chi connectivity index (χ1v) is 38.5. The van der Waals surface area contributed by atoms with Crippen molar-refractivity contribution in [3.8, 4) is 22.7 Å². The Labute approximate surface area is 629 Å². The van der Waals surface area contributed by atoms with Crippen LogP contribution in [0.1, 0.15) is 22.3 Å². The van der Waals surface area contributed by atoms with Gasteiger partial charge in [0.15, 0.2) is 0 Å². The van der Waals surface area contributed by atoms with Crippen LogP contribution in [0.3, 0.4) is 0 Å². The van der Waals surface area contributed by atoms with Crippen molar-refractivity contribution in [2.75, 3.05) is 0 Å². The summed E-state index contributed by atoms with van der Waals surface area (Å²) >= 11 is 3.77. The van der Waals surface area contributed by atoms with Crippen LogP contribution < -0.4 is 0 Å². The average Bonchev–Trinajstić information content (AvgIpc) is 1.59. The lowest BCUT2D eigenvalue weighted by Gasteiger charge is -2.08. The summed E-state index contributed by atoms with van der Waals surface area (Å²) in [6, 6.07) is 122. The lowest BCUT2D eigenvalue weighted by Crippen LogP contribution is -1.93. The van der Waals surface area contributed by atoms with Crippen molar-refractivity contribution < 1.29 is 8.83 Å². The number of furan rings is 2. The first-order valence-electron chi connectivity index (χ1n) is 36.8. The van der Waals surface area contributed by atoms with Gasteiger partial charge in [-0.25, -0.2) is 0 Å². The molecule has 0 unspecified atom stereocenters. The zero-order valence-electron chi connectivity index (χ0n) is 59.8. The summed E-state index contributed by atoms with van der Waals surface area (Å²) in [7, 11) is 0. The Hall–Kier alpha value is -13.2. The van der Waals surface area contributed by atoms with Crippen molar-refractivity contribution in [3.63, 3.8) is 0 Å². The molecule has 0 radical (unpaired) electrons. The molecule has 8 heterocycles. The molecule has 0 saturated heterocycles. The Kier molecular flexibility index (Phi) is 14.8. The van der Waals surface area contributed by atoms with Crippen LogP contribution in [0.25, 0.3) is 194 Å². The van der Waals surface area contributed by atoms with E-state index in [-0.39, 0.29) is 0 Å². The van der Waals surface area contributed by atoms with Crippen LogP contribution in [0, 0.1) is 27.7 Å². The molecule has 0 N–H and O–H groups in total. The maximum Gasteiger partial charge on any atom is 0.136 e. The van der Waals surface area contributed by atoms with Crippen molar-refractivity contribution in [3.05, 3.63) is 362 Å². The number of aromatic nitrogens is 4. The molecule has 0 saturated carbocycles. The van der Waals surface area contributed by atoms with E-state index in [1.807, 2.05) is 46.9 Å². The molecule has 0 aliphatic heterocycles. The molecule has 0 fully saturated rings. The topological polar surface area (TPSA) is 46.0 Å². The Morgan fingerprint density at radius 1 is 0.176 bits per heavy atom. The van der Waals surface area contributed by atoms with Gasteiger partial charge in [-0.3, -0.25) is 0 Å². The van der Waals surface area contributed by atoms with Gasteiger partial charge >= 0.3 is 0 Å². The second-order valence-corrected chi connectivity index (χ2v) is 30.8. The smallest absolute Gasteiger partial charge is 0.136 e. The number of nitrogens with zero attached hydrogens (tertiary/aromatic N) is 4. The van der Waals surface area contributed by atoms with E-state index in [4.69, 9.17) is 8.83 Å². The van der Waals surface area contributed by atoms with Crippen molar-refractivity contribution in [2.45, 2.75) is 27.7 Å². The molecule has 108 heavy (non-hydrogen) atoms. The number of para-hydroxylation sites is 6. The molecule has 24 rings (SSSR count). The quantitative estimate of drug-likeness (QED) is 0.176. The largest absolute Gasteiger partial charge is 0.456 e. The van der Waals surface area contributed by atoms with E-state index in [2.05, 4.69) is 361 Å². The van der Waals surface area contributed by atoms with Gasteiger partial charge in [-0.15, -0.1) is 22.7 Å². The van der Waals surface area contributed by atoms with Gasteiger partial charge in [0.05, 0.1) is 44.1 Å². The second kappa shape index (κ2) is 25.2. The van der Waals surface area contributed by atoms with E-state index in [9.17, 15) is 0 Å². The molecule has 8 aromatic heterocycles. The molecule has 0 aliphatic carbocycles. The zero-order chi connectivity index (χ0) is 71.8. The lowest BCUT2D eigenvalue weighted by molar-refractivity contribution is 0.669. The summed E-state index contributed by atoms with van der Waals surface area (Å²) < 4.78 is 27.2. The molecule has 0 spiro atoms. The third-order valence-electron chi connectivity index (χ3n) is 21.7. The van der Waals surface area contributed by atoms with E-state index < -0.39 is 0 Å². The third kappa shape index (κ3) is 10.3. The van der Waals surface area contributed by atoms with Crippen LogP contribution in [0.2, 0.25) is 0 Å². The van der Waals surface area contributed by atoms with Crippen LogP contribution in [-0.2, 0) is 0 Å². The van der Waals surface area contributed by atoms with Gasteiger partial charge in [-0.05, 0) is 197 Å². The minimum atomic E-state index is 0.937. The Bertz CT molecular complexity index is 7280. The van der Waals surface area contributed by atoms with Gasteiger partial charge in [0.25, 0.3) is 0 Å². The van der Waals surface area contributed by atoms with E-state index in [0.717, 1.165) is 43.9 Å². The molecule has 24 aromatic rings. The first kappa shape index (κ1) is 63.3. The van der Waals surface area contributed by atoms with Crippen molar-refractivity contribution in [1.29, 1.82) is 0 Å². The summed E-state index contributed by atoms with van der Waals surface area (Å²) in [4.78, 5) is 0. The molecule has 512 valence electrons. The molecule has 6 nitrogen and oxygen atoms in total. The molecule has 0 amide bonds. The summed E-state index contributed by atoms with van der Waals surface area (Å²) in [6.07, 6.45) is 0. The summed E-state index contributed by atoms with van der Waals surface area (Å²) in [5.41, 5.74) is 23.6. The number of fused-ring (bicyclic) bond motifs is 24. The van der Waals surface area contributed by atoms with Crippen LogP contribution >= 0.6 is 22.7 Å². The second-order valence-electron chi connectivity index (χ2n) is 28.6. The average molecular weight is 1420 g/mol. The van der Waals surface area contributed by atoms with Crippen molar-refractivity contribution in [2.24, 2.45) is 0 Å². The van der Waals surface area contributed by atoms with Gasteiger partial charge in [-0.1, -0.05) is 193 Å². The molecular weight excluding hydrogens is 1350 g/mol. The van der Waals surface area contributed by atoms with E-state index >= 15 is 0 Å². The lowest BCUT2D eigenvalue weighted by atomic mass is 10.1. The number of benzene rings is 16. The highest BCUT2D eigenvalue weighted by atomic mass is 32.1. The molecule has 0 aliphatic rings. The van der Waals surface area contributed by atoms with Gasteiger partial charge in [-0.2, -0.15) is 0 Å². The zero-order valence-corrected chi connectivity index (χ0v) is 61.4. The van der Waals surface area contributed by atoms with Crippen molar-refractivity contribution in [1.82, 2.24) is 18.3 Å². The summed E-state index contributed by atoms with van der Waals surface area (Å²) in [5, 5.41) is 20.3. The van der Waals surface area contributed by atoms with Crippen LogP contribution in [-0.4, -0.2) is 18.3 Å². The van der Waals surface area contributed by atoms with Crippen LogP contribution in [0.15, 0.2) is 349 Å². The molecular formula is C100H68N4O2S2. The summed E-state index contributed by atoms with van der Waals surface area (Å²) in [5.74, 6) is 0. The highest BCUT2D eigenvalue weighted by Crippen LogP contribution is 2.45. The van der Waals surface area contributed by atoms with Gasteiger partial charge < -0.3 is 27.1 Å². The SMILES string of the molecule is Cc1ccc2c(c1)c1cc3oc4ccccc4c3cc1n2-c1ccccc1.Cc1ccc2c(c1)c1cc3sc4ccccc4c3cc1n2-c1ccccc1.Cc1cccc(-n2c3ccccc3c3cc4oc5ccccc5c4cc32)c1.Cc1cccc(-n2c3ccccc3c3cc4sc5ccccc5c4cc32)c1. The fraction of sp³-hybridized carbons (Fsp3) is 0.0400. The monoisotopic (exact) mass is 1420 g/mol. The predicted octanol–water partition coefficient (Wildman–Crippen LogP) is 28.9. The van der Waals surface area contributed by atoms with Gasteiger partial charge in [0.1, 0.15) is 22.3 Å². The van der Waals surface area contributed by atoms with Crippen LogP contribution in [0.5, 0.6) is 0 Å². The number of aryl methyl sites for hydroxylation is 4. The maximum atomic E-state index is 6.15. The molecule has 16 aromatic carbocycles. The van der Waals surface area contributed by atoms with E-state index in [1.54, 1.807) is 0 Å². The first-order chi connectivity index (χ1) is 53.2. The van der Waals surface area contributed by atoms with Crippen molar-refractivity contribution >= 4 is 194 Å². The Morgan fingerprint density at radius 2 is 0.491 bits per heavy atom. The summed E-state index contributed by atoms with van der Waals surface area (Å²) in [6.45, 7) is 8.61. The Morgan fingerprint density at radius 3 is 0.935 bits per heavy atom. The molecule has 0 atom stereocenters. The highest BCUT2D eigenvalue weighted by molar-refractivity contribution is 7.26. The van der Waals surface area contributed by atoms with Crippen LogP contribution in [0.4, 0.5) is 0 Å². The highest BCUT2D eigenvalue weighted by Gasteiger charge is 2.22. The minimum Gasteiger partial charge on any atom is -0.456 e. The van der Waals surface area contributed by atoms with Gasteiger partial charge in [0, 0.05) is 128 Å². The standard InChI is InChI=1S/2C25H17NO.2C25H17NS/c1-16-7-6-8-17(13-16)26-22-11-4-2-9-18(22)20-15-25-21(14-23(20)26)19-10-3-5-12-24(19)27-25;1-16-11-12-22-19(13-16)20-15-25-21(18-9-5-6-10-24(18)27-25)14-23(20)26(22)17-7-3-2-4-8-17;1-16-7-6-8-17(13-16)26-22-11-4-2-9-18(22)20-15-25-21(14-23(20)26)19-10-3-5-12-24(19)27-25;1-16-11-12-22-19(13-16)20-15-25-21(18-9-5-6-10-24(18)27-25)14-23(20)26(22)17-7-3-2-4-8-17/h4*2-15H,1H3. The third-order valence-corrected chi connectivity index (χ3v) is 24.0. The number of hydrogen-bond donors (Lipinski definition) is 0.